The molecule has 1 heterocycles. The lowest BCUT2D eigenvalue weighted by Gasteiger charge is -2.06. The Morgan fingerprint density at radius 3 is 2.81 bits per heavy atom. The lowest BCUT2D eigenvalue weighted by molar-refractivity contribution is -0.384. The van der Waals surface area contributed by atoms with E-state index in [1.165, 1.54) is 31.0 Å². The molecule has 0 aliphatic rings. The van der Waals surface area contributed by atoms with E-state index < -0.39 is 4.92 Å². The summed E-state index contributed by atoms with van der Waals surface area (Å²) in [6.45, 7) is 2.15. The second-order valence-corrected chi connectivity index (χ2v) is 6.54. The van der Waals surface area contributed by atoms with E-state index in [1.54, 1.807) is 6.07 Å². The number of non-ortho nitro benzene ring substituents is 1. The highest BCUT2D eigenvalue weighted by atomic mass is 32.2. The Hall–Kier alpha value is -3.07. The van der Waals surface area contributed by atoms with Gasteiger partial charge in [0.05, 0.1) is 12.0 Å². The number of benzene rings is 2. The van der Waals surface area contributed by atoms with E-state index in [0.717, 1.165) is 11.3 Å². The minimum atomic E-state index is -0.443. The molecule has 0 unspecified atom stereocenters. The van der Waals surface area contributed by atoms with Crippen molar-refractivity contribution < 1.29 is 18.8 Å². The predicted octanol–water partition coefficient (Wildman–Crippen LogP) is 4.17. The summed E-state index contributed by atoms with van der Waals surface area (Å²) in [5, 5.41) is 19.2. The van der Waals surface area contributed by atoms with Crippen molar-refractivity contribution in [3.8, 4) is 11.5 Å². The van der Waals surface area contributed by atoms with Crippen LogP contribution in [0.2, 0.25) is 0 Å². The molecule has 0 spiro atoms. The van der Waals surface area contributed by atoms with Crippen LogP contribution in [0.5, 0.6) is 11.5 Å². The van der Waals surface area contributed by atoms with E-state index >= 15 is 0 Å². The van der Waals surface area contributed by atoms with Crippen LogP contribution < -0.4 is 9.47 Å². The van der Waals surface area contributed by atoms with E-state index in [0.29, 0.717) is 28.2 Å². The summed E-state index contributed by atoms with van der Waals surface area (Å²) in [5.74, 6) is 2.04. The zero-order chi connectivity index (χ0) is 19.2. The van der Waals surface area contributed by atoms with Crippen molar-refractivity contribution in [3.63, 3.8) is 0 Å². The van der Waals surface area contributed by atoms with Gasteiger partial charge in [-0.25, -0.2) is 0 Å². The van der Waals surface area contributed by atoms with Gasteiger partial charge in [0.2, 0.25) is 0 Å². The number of hydrogen-bond donors (Lipinski definition) is 0. The first kappa shape index (κ1) is 18.7. The predicted molar refractivity (Wildman–Crippen MR) is 99.0 cm³/mol. The Bertz CT molecular complexity index is 944. The normalized spacial score (nSPS) is 10.6. The van der Waals surface area contributed by atoms with Crippen LogP contribution in [0.1, 0.15) is 17.0 Å². The number of nitro benzene ring substituents is 1. The van der Waals surface area contributed by atoms with Crippen molar-refractivity contribution in [2.45, 2.75) is 24.5 Å². The van der Waals surface area contributed by atoms with Crippen LogP contribution in [0.4, 0.5) is 5.69 Å². The summed E-state index contributed by atoms with van der Waals surface area (Å²) in [6.07, 6.45) is 0. The SMILES string of the molecule is COc1ccc([N+](=O)[O-])cc1CSc1nnc(COc2cccc(C)c2)o1. The van der Waals surface area contributed by atoms with Crippen molar-refractivity contribution in [1.82, 2.24) is 10.2 Å². The fourth-order valence-corrected chi connectivity index (χ4v) is 3.09. The molecular formula is C18H17N3O5S. The summed E-state index contributed by atoms with van der Waals surface area (Å²) < 4.78 is 16.4. The minimum absolute atomic E-state index is 0.00386. The first-order valence-corrected chi connectivity index (χ1v) is 8.99. The van der Waals surface area contributed by atoms with Gasteiger partial charge in [0.25, 0.3) is 16.8 Å². The largest absolute Gasteiger partial charge is 0.496 e. The third kappa shape index (κ3) is 4.98. The third-order valence-electron chi connectivity index (χ3n) is 3.63. The van der Waals surface area contributed by atoms with Gasteiger partial charge < -0.3 is 13.9 Å². The highest BCUT2D eigenvalue weighted by Crippen LogP contribution is 2.30. The summed E-state index contributed by atoms with van der Waals surface area (Å²) in [7, 11) is 1.52. The molecule has 0 N–H and O–H groups in total. The van der Waals surface area contributed by atoms with Crippen LogP contribution >= 0.6 is 11.8 Å². The number of methoxy groups -OCH3 is 1. The van der Waals surface area contributed by atoms with Gasteiger partial charge in [-0.15, -0.1) is 10.2 Å². The standard InChI is InChI=1S/C18H17N3O5S/c1-12-4-3-5-15(8-12)25-10-17-19-20-18(26-17)27-11-13-9-14(21(22)23)6-7-16(13)24-2/h3-9H,10-11H2,1-2H3. The maximum absolute atomic E-state index is 10.9. The summed E-state index contributed by atoms with van der Waals surface area (Å²) in [5.41, 5.74) is 1.77. The lowest BCUT2D eigenvalue weighted by Crippen LogP contribution is -1.95. The van der Waals surface area contributed by atoms with E-state index in [4.69, 9.17) is 13.9 Å². The number of nitrogens with zero attached hydrogens (tertiary/aromatic N) is 3. The zero-order valence-electron chi connectivity index (χ0n) is 14.7. The van der Waals surface area contributed by atoms with Crippen LogP contribution in [0.15, 0.2) is 52.1 Å². The molecule has 0 amide bonds. The van der Waals surface area contributed by atoms with Gasteiger partial charge in [-0.05, 0) is 30.7 Å². The highest BCUT2D eigenvalue weighted by molar-refractivity contribution is 7.98. The summed E-state index contributed by atoms with van der Waals surface area (Å²) in [4.78, 5) is 10.5. The second-order valence-electron chi connectivity index (χ2n) is 5.61. The van der Waals surface area contributed by atoms with Gasteiger partial charge in [-0.1, -0.05) is 23.9 Å². The number of aryl methyl sites for hydroxylation is 1. The molecule has 0 bridgehead atoms. The molecule has 27 heavy (non-hydrogen) atoms. The maximum Gasteiger partial charge on any atom is 0.277 e. The topological polar surface area (TPSA) is 101 Å². The van der Waals surface area contributed by atoms with E-state index in [2.05, 4.69) is 10.2 Å². The van der Waals surface area contributed by atoms with Crippen LogP contribution in [0.3, 0.4) is 0 Å². The minimum Gasteiger partial charge on any atom is -0.496 e. The number of ether oxygens (including phenoxy) is 2. The molecule has 3 aromatic rings. The van der Waals surface area contributed by atoms with Gasteiger partial charge in [-0.3, -0.25) is 10.1 Å². The van der Waals surface area contributed by atoms with Crippen LogP contribution in [-0.4, -0.2) is 22.2 Å². The molecule has 3 rings (SSSR count). The van der Waals surface area contributed by atoms with E-state index in [9.17, 15) is 10.1 Å². The molecule has 8 nitrogen and oxygen atoms in total. The van der Waals surface area contributed by atoms with Crippen molar-refractivity contribution in [1.29, 1.82) is 0 Å². The monoisotopic (exact) mass is 387 g/mol. The number of hydrogen-bond acceptors (Lipinski definition) is 8. The Morgan fingerprint density at radius 1 is 1.22 bits per heavy atom. The summed E-state index contributed by atoms with van der Waals surface area (Å²) in [6, 6.07) is 12.1. The van der Waals surface area contributed by atoms with Gasteiger partial charge in [0, 0.05) is 23.4 Å². The molecule has 0 radical (unpaired) electrons. The van der Waals surface area contributed by atoms with Crippen LogP contribution in [0.25, 0.3) is 0 Å². The third-order valence-corrected chi connectivity index (χ3v) is 4.49. The zero-order valence-corrected chi connectivity index (χ0v) is 15.6. The van der Waals surface area contributed by atoms with Crippen molar-refractivity contribution >= 4 is 17.4 Å². The lowest BCUT2D eigenvalue weighted by atomic mass is 10.2. The second kappa shape index (κ2) is 8.54. The van der Waals surface area contributed by atoms with Crippen LogP contribution in [-0.2, 0) is 12.4 Å². The molecule has 0 fully saturated rings. The Morgan fingerprint density at radius 2 is 2.07 bits per heavy atom. The van der Waals surface area contributed by atoms with Gasteiger partial charge in [0.1, 0.15) is 11.5 Å². The van der Waals surface area contributed by atoms with Gasteiger partial charge in [0.15, 0.2) is 6.61 Å². The Balaban J connectivity index is 1.61. The molecule has 1 aromatic heterocycles. The Labute approximate surface area is 159 Å². The molecular weight excluding hydrogens is 370 g/mol. The number of thioether (sulfide) groups is 1. The van der Waals surface area contributed by atoms with Crippen molar-refractivity contribution in [2.24, 2.45) is 0 Å². The Kier molecular flexibility index (Phi) is 5.92. The molecule has 0 saturated carbocycles. The fraction of sp³-hybridized carbons (Fsp3) is 0.222. The van der Waals surface area contributed by atoms with E-state index in [1.807, 2.05) is 31.2 Å². The molecule has 140 valence electrons. The molecule has 0 saturated heterocycles. The average molecular weight is 387 g/mol. The van der Waals surface area contributed by atoms with Crippen molar-refractivity contribution in [3.05, 3.63) is 69.6 Å². The van der Waals surface area contributed by atoms with Gasteiger partial charge in [-0.2, -0.15) is 0 Å². The smallest absolute Gasteiger partial charge is 0.277 e. The highest BCUT2D eigenvalue weighted by Gasteiger charge is 2.14. The molecule has 0 atom stereocenters. The van der Waals surface area contributed by atoms with Gasteiger partial charge >= 0.3 is 0 Å². The molecule has 0 aliphatic carbocycles. The first-order valence-electron chi connectivity index (χ1n) is 8.01. The van der Waals surface area contributed by atoms with Crippen LogP contribution in [0, 0.1) is 17.0 Å². The molecule has 9 heteroatoms. The first-order chi connectivity index (χ1) is 13.0. The number of aromatic nitrogens is 2. The number of rotatable bonds is 8. The van der Waals surface area contributed by atoms with Crippen molar-refractivity contribution in [2.75, 3.05) is 7.11 Å². The molecule has 0 aliphatic heterocycles. The van der Waals surface area contributed by atoms with E-state index in [-0.39, 0.29) is 12.3 Å². The maximum atomic E-state index is 10.9. The average Bonchev–Trinajstić information content (AvgIpc) is 3.12. The number of nitro groups is 1. The fourth-order valence-electron chi connectivity index (χ4n) is 2.34. The quantitative estimate of drug-likeness (QED) is 0.322. The molecule has 2 aromatic carbocycles. The summed E-state index contributed by atoms with van der Waals surface area (Å²) >= 11 is 1.27.